The van der Waals surface area contributed by atoms with Crippen molar-refractivity contribution in [2.24, 2.45) is 0 Å². The van der Waals surface area contributed by atoms with Gasteiger partial charge in [-0.25, -0.2) is 13.9 Å². The lowest BCUT2D eigenvalue weighted by Gasteiger charge is -2.22. The fraction of sp³-hybridized carbons (Fsp3) is 0.688. The Balaban J connectivity index is 0.000000482. The SMILES string of the molecule is Cc1cn([C@H]2C[C@H](O)[C@@H](COP(=O)(O)OP(=O)(O)O)O2)c(=O)[nH]c1=O.O=C[C@H](O)[C@@H](O)[C@H](O)[C@H](O)CO. The van der Waals surface area contributed by atoms with Crippen LogP contribution in [0.1, 0.15) is 18.2 Å². The molecule has 1 aromatic heterocycles. The van der Waals surface area contributed by atoms with Gasteiger partial charge in [0.05, 0.1) is 19.3 Å². The van der Waals surface area contributed by atoms with Gasteiger partial charge in [0.2, 0.25) is 0 Å². The number of ether oxygens (including phenoxy) is 1. The smallest absolute Gasteiger partial charge is 0.394 e. The standard InChI is InChI=1S/C10H16N2O11P2.C6H12O6/c1-5-3-12(10(15)11-9(5)14)8-2-6(13)7(22-8)4-21-25(19,20)23-24(16,17)18;7-1-3(9)5(11)6(12)4(10)2-8/h3,6-8,13H,2,4H2,1H3,(H,19,20)(H,11,14,15)(H2,16,17,18);1,3-6,8-12H,2H2/t6-,7+,8+;3-,4+,5+,6+/m00/s1. The zero-order valence-electron chi connectivity index (χ0n) is 19.0. The van der Waals surface area contributed by atoms with E-state index in [0.717, 1.165) is 4.57 Å². The number of aliphatic hydroxyl groups excluding tert-OH is 6. The van der Waals surface area contributed by atoms with Crippen molar-refractivity contribution in [2.75, 3.05) is 13.2 Å². The number of aliphatic hydroxyl groups is 6. The normalized spacial score (nSPS) is 24.8. The van der Waals surface area contributed by atoms with Gasteiger partial charge >= 0.3 is 21.3 Å². The number of nitrogens with zero attached hydrogens (tertiary/aromatic N) is 1. The third-order valence-electron chi connectivity index (χ3n) is 4.69. The number of hydrogen-bond donors (Lipinski definition) is 10. The first-order chi connectivity index (χ1) is 16.9. The molecule has 1 aromatic rings. The van der Waals surface area contributed by atoms with Gasteiger partial charge in [0.1, 0.15) is 36.7 Å². The van der Waals surface area contributed by atoms with Crippen molar-refractivity contribution in [1.29, 1.82) is 0 Å². The first kappa shape index (κ1) is 33.4. The Hall–Kier alpha value is -1.67. The van der Waals surface area contributed by atoms with Crippen molar-refractivity contribution in [2.45, 2.75) is 56.2 Å². The van der Waals surface area contributed by atoms with E-state index in [-0.39, 0.29) is 18.3 Å². The molecule has 21 heteroatoms. The first-order valence-electron chi connectivity index (χ1n) is 10.1. The van der Waals surface area contributed by atoms with Gasteiger partial charge in [0.15, 0.2) is 6.29 Å². The van der Waals surface area contributed by atoms with E-state index in [0.29, 0.717) is 0 Å². The second-order valence-electron chi connectivity index (χ2n) is 7.61. The summed E-state index contributed by atoms with van der Waals surface area (Å²) in [6.07, 6.45) is -9.06. The molecular weight excluding hydrogens is 554 g/mol. The average Bonchev–Trinajstić information content (AvgIpc) is 3.17. The van der Waals surface area contributed by atoms with Crippen molar-refractivity contribution in [3.05, 3.63) is 32.6 Å². The summed E-state index contributed by atoms with van der Waals surface area (Å²) in [6, 6.07) is 0. The summed E-state index contributed by atoms with van der Waals surface area (Å²) in [6.45, 7) is -0.0332. The molecule has 0 bridgehead atoms. The molecule has 2 rings (SSSR count). The van der Waals surface area contributed by atoms with Gasteiger partial charge in [-0.15, -0.1) is 0 Å². The van der Waals surface area contributed by atoms with Gasteiger partial charge in [0.25, 0.3) is 5.56 Å². The predicted octanol–water partition coefficient (Wildman–Crippen LogP) is -4.66. The van der Waals surface area contributed by atoms with E-state index in [9.17, 15) is 33.5 Å². The molecule has 0 amide bonds. The minimum atomic E-state index is -5.26. The van der Waals surface area contributed by atoms with Crippen LogP contribution in [0.4, 0.5) is 0 Å². The topological polar surface area (TPSA) is 316 Å². The molecular formula is C16H28N2O17P2. The number of carbonyl (C=O) groups excluding carboxylic acids is 1. The number of carbonyl (C=O) groups is 1. The van der Waals surface area contributed by atoms with Crippen LogP contribution in [0.5, 0.6) is 0 Å². The maximum atomic E-state index is 11.8. The lowest BCUT2D eigenvalue weighted by Crippen LogP contribution is -2.46. The number of rotatable bonds is 11. The van der Waals surface area contributed by atoms with Crippen molar-refractivity contribution in [3.63, 3.8) is 0 Å². The number of nitrogens with one attached hydrogen (secondary N) is 1. The van der Waals surface area contributed by atoms with Crippen LogP contribution in [0.15, 0.2) is 15.8 Å². The van der Waals surface area contributed by atoms with Gasteiger partial charge in [-0.3, -0.25) is 18.9 Å². The molecule has 0 aromatic carbocycles. The Morgan fingerprint density at radius 1 is 1.19 bits per heavy atom. The first-order valence-corrected chi connectivity index (χ1v) is 13.1. The van der Waals surface area contributed by atoms with Crippen LogP contribution in [0.3, 0.4) is 0 Å². The van der Waals surface area contributed by atoms with Gasteiger partial charge < -0.3 is 54.9 Å². The highest BCUT2D eigenvalue weighted by Gasteiger charge is 2.39. The summed E-state index contributed by atoms with van der Waals surface area (Å²) in [5.74, 6) is 0. The summed E-state index contributed by atoms with van der Waals surface area (Å²) in [7, 11) is -10.3. The second kappa shape index (κ2) is 13.9. The highest BCUT2D eigenvalue weighted by molar-refractivity contribution is 7.60. The molecule has 37 heavy (non-hydrogen) atoms. The van der Waals surface area contributed by atoms with Crippen LogP contribution >= 0.6 is 15.6 Å². The molecule has 1 saturated heterocycles. The van der Waals surface area contributed by atoms with E-state index in [2.05, 4.69) is 13.8 Å². The third kappa shape index (κ3) is 10.5. The van der Waals surface area contributed by atoms with E-state index in [1.807, 2.05) is 0 Å². The minimum absolute atomic E-state index is 0.0258. The highest BCUT2D eigenvalue weighted by Crippen LogP contribution is 2.57. The molecule has 1 unspecified atom stereocenters. The molecule has 2 heterocycles. The molecule has 0 radical (unpaired) electrons. The molecule has 1 aliphatic heterocycles. The van der Waals surface area contributed by atoms with Crippen LogP contribution in [-0.4, -0.2) is 111 Å². The van der Waals surface area contributed by atoms with Crippen molar-refractivity contribution >= 4 is 21.9 Å². The zero-order chi connectivity index (χ0) is 28.7. The van der Waals surface area contributed by atoms with Crippen LogP contribution < -0.4 is 11.2 Å². The summed E-state index contributed by atoms with van der Waals surface area (Å²) < 4.78 is 36.3. The Morgan fingerprint density at radius 2 is 1.78 bits per heavy atom. The van der Waals surface area contributed by atoms with Crippen LogP contribution in [0.2, 0.25) is 0 Å². The molecule has 19 nitrogen and oxygen atoms in total. The Morgan fingerprint density at radius 3 is 2.30 bits per heavy atom. The third-order valence-corrected chi connectivity index (χ3v) is 6.84. The summed E-state index contributed by atoms with van der Waals surface area (Å²) >= 11 is 0. The summed E-state index contributed by atoms with van der Waals surface area (Å²) in [4.78, 5) is 61.3. The highest BCUT2D eigenvalue weighted by atomic mass is 31.3. The lowest BCUT2D eigenvalue weighted by molar-refractivity contribution is -0.136. The average molecular weight is 582 g/mol. The van der Waals surface area contributed by atoms with Crippen molar-refractivity contribution in [1.82, 2.24) is 9.55 Å². The van der Waals surface area contributed by atoms with Crippen LogP contribution in [0, 0.1) is 6.92 Å². The summed E-state index contributed by atoms with van der Waals surface area (Å²) in [5, 5.41) is 53.4. The number of H-pyrrole nitrogens is 1. The fourth-order valence-electron chi connectivity index (χ4n) is 2.78. The Kier molecular flexibility index (Phi) is 12.6. The Labute approximate surface area is 207 Å². The minimum Gasteiger partial charge on any atom is -0.394 e. The Bertz CT molecular complexity index is 1100. The van der Waals surface area contributed by atoms with Gasteiger partial charge in [-0.2, -0.15) is 4.31 Å². The number of hydrogen-bond acceptors (Lipinski definition) is 14. The van der Waals surface area contributed by atoms with Gasteiger partial charge in [0, 0.05) is 18.2 Å². The molecule has 1 aliphatic rings. The monoisotopic (exact) mass is 582 g/mol. The molecule has 0 spiro atoms. The van der Waals surface area contributed by atoms with E-state index in [4.69, 9.17) is 40.1 Å². The fourth-order valence-corrected chi connectivity index (χ4v) is 4.38. The van der Waals surface area contributed by atoms with Gasteiger partial charge in [-0.05, 0) is 6.92 Å². The van der Waals surface area contributed by atoms with E-state index in [1.54, 1.807) is 0 Å². The molecule has 214 valence electrons. The number of aldehydes is 1. The lowest BCUT2D eigenvalue weighted by atomic mass is 10.0. The van der Waals surface area contributed by atoms with Gasteiger partial charge in [-0.1, -0.05) is 0 Å². The molecule has 1 fully saturated rings. The molecule has 0 saturated carbocycles. The molecule has 8 atom stereocenters. The largest absolute Gasteiger partial charge is 0.481 e. The van der Waals surface area contributed by atoms with Crippen LogP contribution in [0.25, 0.3) is 0 Å². The summed E-state index contributed by atoms with van der Waals surface area (Å²) in [5.41, 5.74) is -1.12. The molecule has 0 aliphatic carbocycles. The van der Waals surface area contributed by atoms with E-state index in [1.165, 1.54) is 13.1 Å². The maximum absolute atomic E-state index is 11.8. The maximum Gasteiger partial charge on any atom is 0.481 e. The van der Waals surface area contributed by atoms with Crippen molar-refractivity contribution in [3.8, 4) is 0 Å². The molecule has 10 N–H and O–H groups in total. The predicted molar refractivity (Wildman–Crippen MR) is 117 cm³/mol. The number of phosphoric acid groups is 2. The zero-order valence-corrected chi connectivity index (χ0v) is 20.7. The van der Waals surface area contributed by atoms with Crippen LogP contribution in [-0.2, 0) is 27.5 Å². The number of aromatic amines is 1. The van der Waals surface area contributed by atoms with E-state index < -0.39 is 83.0 Å². The number of aryl methyl sites for hydroxylation is 1. The van der Waals surface area contributed by atoms with E-state index >= 15 is 0 Å². The quantitative estimate of drug-likeness (QED) is 0.0865. The second-order valence-corrected chi connectivity index (χ2v) is 10.4. The van der Waals surface area contributed by atoms with Crippen molar-refractivity contribution < 1.29 is 72.8 Å². The number of aromatic nitrogens is 2. The number of phosphoric ester groups is 1.